The van der Waals surface area contributed by atoms with E-state index in [4.69, 9.17) is 9.47 Å². The minimum Gasteiger partial charge on any atom is -0.497 e. The van der Waals surface area contributed by atoms with Crippen LogP contribution in [-0.4, -0.2) is 31.6 Å². The highest BCUT2D eigenvalue weighted by atomic mass is 16.5. The maximum Gasteiger partial charge on any atom is 0.349 e. The number of benzene rings is 1. The zero-order valence-electron chi connectivity index (χ0n) is 15.2. The third-order valence-corrected chi connectivity index (χ3v) is 4.56. The zero-order valence-corrected chi connectivity index (χ0v) is 15.2. The number of hydrogen-bond donors (Lipinski definition) is 1. The minimum absolute atomic E-state index is 0.125. The van der Waals surface area contributed by atoms with Gasteiger partial charge < -0.3 is 14.8 Å². The number of rotatable bonds is 6. The van der Waals surface area contributed by atoms with Gasteiger partial charge in [0.05, 0.1) is 7.11 Å². The summed E-state index contributed by atoms with van der Waals surface area (Å²) in [6.45, 7) is 1.73. The molecule has 2 rings (SSSR count). The Bertz CT molecular complexity index is 704. The first kappa shape index (κ1) is 19.5. The second-order valence-electron chi connectivity index (χ2n) is 6.45. The average molecular weight is 356 g/mol. The number of nitriles is 1. The van der Waals surface area contributed by atoms with E-state index in [1.165, 1.54) is 12.5 Å². The van der Waals surface area contributed by atoms with Crippen LogP contribution in [0.15, 0.2) is 29.8 Å². The summed E-state index contributed by atoms with van der Waals surface area (Å²) in [7, 11) is 1.56. The number of nitrogens with zero attached hydrogens (tertiary/aromatic N) is 1. The molecule has 0 aliphatic heterocycles. The van der Waals surface area contributed by atoms with Gasteiger partial charge in [0.25, 0.3) is 5.91 Å². The molecule has 0 unspecified atom stereocenters. The van der Waals surface area contributed by atoms with Crippen LogP contribution in [0.1, 0.15) is 38.2 Å². The van der Waals surface area contributed by atoms with Crippen molar-refractivity contribution in [2.45, 2.75) is 38.6 Å². The van der Waals surface area contributed by atoms with Gasteiger partial charge in [-0.25, -0.2) is 4.79 Å². The van der Waals surface area contributed by atoms with Crippen molar-refractivity contribution in [3.05, 3.63) is 35.4 Å². The summed E-state index contributed by atoms with van der Waals surface area (Å²) in [4.78, 5) is 24.0. The number of esters is 1. The third kappa shape index (κ3) is 5.62. The van der Waals surface area contributed by atoms with Gasteiger partial charge in [-0.2, -0.15) is 5.26 Å². The Labute approximate surface area is 153 Å². The highest BCUT2D eigenvalue weighted by Gasteiger charge is 2.23. The molecule has 1 aliphatic carbocycles. The van der Waals surface area contributed by atoms with Gasteiger partial charge in [-0.15, -0.1) is 0 Å². The minimum atomic E-state index is -0.810. The molecule has 0 aromatic heterocycles. The van der Waals surface area contributed by atoms with E-state index in [2.05, 4.69) is 12.2 Å². The van der Waals surface area contributed by atoms with E-state index < -0.39 is 5.97 Å². The first-order valence-corrected chi connectivity index (χ1v) is 8.76. The molecule has 1 N–H and O–H groups in total. The summed E-state index contributed by atoms with van der Waals surface area (Å²) < 4.78 is 10.0. The first-order valence-electron chi connectivity index (χ1n) is 8.76. The maximum atomic E-state index is 12.0. The van der Waals surface area contributed by atoms with Gasteiger partial charge in [-0.05, 0) is 42.5 Å². The fourth-order valence-electron chi connectivity index (χ4n) is 2.99. The number of hydrogen-bond acceptors (Lipinski definition) is 5. The summed E-state index contributed by atoms with van der Waals surface area (Å²) in [6.07, 6.45) is 5.74. The molecule has 1 amide bonds. The molecule has 1 aliphatic rings. The van der Waals surface area contributed by atoms with E-state index >= 15 is 0 Å². The van der Waals surface area contributed by atoms with E-state index in [9.17, 15) is 14.9 Å². The summed E-state index contributed by atoms with van der Waals surface area (Å²) in [6, 6.07) is 8.84. The van der Waals surface area contributed by atoms with Crippen molar-refractivity contribution in [3.8, 4) is 11.8 Å². The van der Waals surface area contributed by atoms with Crippen LogP contribution in [0.3, 0.4) is 0 Å². The molecule has 0 saturated heterocycles. The standard InChI is InChI=1S/C20H24N2O4/c1-14-5-3-4-6-18(14)22-19(23)13-26-20(24)16(12-21)11-15-7-9-17(25-2)10-8-15/h7-11,14,18H,3-6,13H2,1-2H3,(H,22,23)/b16-11+/t14-,18-/m0/s1. The summed E-state index contributed by atoms with van der Waals surface area (Å²) in [5.74, 6) is -0.0427. The van der Waals surface area contributed by atoms with Crippen molar-refractivity contribution in [2.24, 2.45) is 5.92 Å². The lowest BCUT2D eigenvalue weighted by molar-refractivity contribution is -0.144. The lowest BCUT2D eigenvalue weighted by Crippen LogP contribution is -2.42. The van der Waals surface area contributed by atoms with Crippen LogP contribution in [0.25, 0.3) is 6.08 Å². The fraction of sp³-hybridized carbons (Fsp3) is 0.450. The fourth-order valence-corrected chi connectivity index (χ4v) is 2.99. The summed E-state index contributed by atoms with van der Waals surface area (Å²) in [5.41, 5.74) is 0.508. The molecule has 1 aromatic carbocycles. The Morgan fingerprint density at radius 2 is 1.96 bits per heavy atom. The van der Waals surface area contributed by atoms with E-state index in [0.717, 1.165) is 19.3 Å². The number of nitrogens with one attached hydrogen (secondary N) is 1. The Morgan fingerprint density at radius 3 is 2.58 bits per heavy atom. The van der Waals surface area contributed by atoms with Crippen LogP contribution >= 0.6 is 0 Å². The molecule has 0 bridgehead atoms. The van der Waals surface area contributed by atoms with Gasteiger partial charge >= 0.3 is 5.97 Å². The van der Waals surface area contributed by atoms with Gasteiger partial charge in [-0.1, -0.05) is 31.9 Å². The van der Waals surface area contributed by atoms with Crippen LogP contribution in [0.4, 0.5) is 0 Å². The van der Waals surface area contributed by atoms with Crippen LogP contribution in [0, 0.1) is 17.2 Å². The van der Waals surface area contributed by atoms with Crippen LogP contribution in [0.2, 0.25) is 0 Å². The molecule has 6 nitrogen and oxygen atoms in total. The van der Waals surface area contributed by atoms with Gasteiger partial charge in [0.2, 0.25) is 0 Å². The normalized spacial score (nSPS) is 20.0. The molecule has 2 atom stereocenters. The maximum absolute atomic E-state index is 12.0. The predicted octanol–water partition coefficient (Wildman–Crippen LogP) is 2.84. The summed E-state index contributed by atoms with van der Waals surface area (Å²) >= 11 is 0. The second kappa shape index (κ2) is 9.62. The highest BCUT2D eigenvalue weighted by Crippen LogP contribution is 2.23. The molecule has 0 heterocycles. The zero-order chi connectivity index (χ0) is 18.9. The molecular formula is C20H24N2O4. The van der Waals surface area contributed by atoms with Crippen molar-refractivity contribution in [3.63, 3.8) is 0 Å². The molecule has 138 valence electrons. The molecular weight excluding hydrogens is 332 g/mol. The first-order chi connectivity index (χ1) is 12.5. The molecule has 0 radical (unpaired) electrons. The lowest BCUT2D eigenvalue weighted by Gasteiger charge is -2.29. The van der Waals surface area contributed by atoms with Crippen LogP contribution < -0.4 is 10.1 Å². The van der Waals surface area contributed by atoms with E-state index in [-0.39, 0.29) is 24.1 Å². The molecule has 6 heteroatoms. The van der Waals surface area contributed by atoms with E-state index in [1.807, 2.05) is 6.07 Å². The van der Waals surface area contributed by atoms with Crippen molar-refractivity contribution < 1.29 is 19.1 Å². The Hall–Kier alpha value is -2.81. The topological polar surface area (TPSA) is 88.4 Å². The molecule has 26 heavy (non-hydrogen) atoms. The molecule has 1 saturated carbocycles. The number of carbonyl (C=O) groups is 2. The second-order valence-corrected chi connectivity index (χ2v) is 6.45. The van der Waals surface area contributed by atoms with Gasteiger partial charge in [0.1, 0.15) is 17.4 Å². The van der Waals surface area contributed by atoms with Gasteiger partial charge in [0, 0.05) is 6.04 Å². The highest BCUT2D eigenvalue weighted by molar-refractivity contribution is 5.98. The van der Waals surface area contributed by atoms with Gasteiger partial charge in [0.15, 0.2) is 6.61 Å². The lowest BCUT2D eigenvalue weighted by atomic mass is 9.86. The van der Waals surface area contributed by atoms with Crippen molar-refractivity contribution in [1.29, 1.82) is 5.26 Å². The number of amides is 1. The Kier molecular flexibility index (Phi) is 7.22. The quantitative estimate of drug-likeness (QED) is 0.481. The number of ether oxygens (including phenoxy) is 2. The Balaban J connectivity index is 1.88. The van der Waals surface area contributed by atoms with E-state index in [1.54, 1.807) is 31.4 Å². The van der Waals surface area contributed by atoms with Crippen LogP contribution in [-0.2, 0) is 14.3 Å². The van der Waals surface area contributed by atoms with Crippen LogP contribution in [0.5, 0.6) is 5.75 Å². The Morgan fingerprint density at radius 1 is 1.27 bits per heavy atom. The van der Waals surface area contributed by atoms with Crippen molar-refractivity contribution >= 4 is 18.0 Å². The predicted molar refractivity (Wildman–Crippen MR) is 97.1 cm³/mol. The van der Waals surface area contributed by atoms with Crippen molar-refractivity contribution in [2.75, 3.05) is 13.7 Å². The number of methoxy groups -OCH3 is 1. The van der Waals surface area contributed by atoms with Crippen molar-refractivity contribution in [1.82, 2.24) is 5.32 Å². The monoisotopic (exact) mass is 356 g/mol. The largest absolute Gasteiger partial charge is 0.497 e. The average Bonchev–Trinajstić information content (AvgIpc) is 2.66. The van der Waals surface area contributed by atoms with E-state index in [0.29, 0.717) is 17.2 Å². The molecule has 1 aromatic rings. The third-order valence-electron chi connectivity index (χ3n) is 4.56. The molecule has 0 spiro atoms. The van der Waals surface area contributed by atoms with Gasteiger partial charge in [-0.3, -0.25) is 4.79 Å². The smallest absolute Gasteiger partial charge is 0.349 e. The summed E-state index contributed by atoms with van der Waals surface area (Å²) in [5, 5.41) is 12.1. The number of carbonyl (C=O) groups excluding carboxylic acids is 2. The SMILES string of the molecule is COc1ccc(/C=C(\C#N)C(=O)OCC(=O)N[C@H]2CCCC[C@@H]2C)cc1. The molecule has 1 fully saturated rings.